The van der Waals surface area contributed by atoms with Crippen molar-refractivity contribution in [3.8, 4) is 5.69 Å². The van der Waals surface area contributed by atoms with Gasteiger partial charge in [0.25, 0.3) is 0 Å². The number of rotatable bonds is 5. The first kappa shape index (κ1) is 15.4. The molecule has 2 aromatic heterocycles. The lowest BCUT2D eigenvalue weighted by Crippen LogP contribution is -2.30. The van der Waals surface area contributed by atoms with E-state index in [-0.39, 0.29) is 11.9 Å². The quantitative estimate of drug-likeness (QED) is 0.724. The zero-order valence-electron chi connectivity index (χ0n) is 13.1. The van der Waals surface area contributed by atoms with Crippen LogP contribution in [0.5, 0.6) is 0 Å². The first-order valence-corrected chi connectivity index (χ1v) is 8.26. The van der Waals surface area contributed by atoms with Gasteiger partial charge >= 0.3 is 0 Å². The Bertz CT molecular complexity index is 751. The van der Waals surface area contributed by atoms with Crippen molar-refractivity contribution in [2.24, 2.45) is 0 Å². The monoisotopic (exact) mass is 326 g/mol. The number of nitrogens with zero attached hydrogens (tertiary/aromatic N) is 4. The van der Waals surface area contributed by atoms with Gasteiger partial charge in [-0.15, -0.1) is 11.3 Å². The Balaban J connectivity index is 1.69. The highest BCUT2D eigenvalue weighted by Gasteiger charge is 2.18. The average Bonchev–Trinajstić information content (AvgIpc) is 3.27. The summed E-state index contributed by atoms with van der Waals surface area (Å²) in [6.45, 7) is 2.04. The van der Waals surface area contributed by atoms with E-state index in [1.165, 1.54) is 6.33 Å². The Morgan fingerprint density at radius 3 is 2.70 bits per heavy atom. The number of thiophene rings is 1. The van der Waals surface area contributed by atoms with Crippen molar-refractivity contribution in [3.63, 3.8) is 0 Å². The van der Waals surface area contributed by atoms with Gasteiger partial charge in [-0.05, 0) is 36.1 Å². The molecule has 0 bridgehead atoms. The number of carbonyl (C=O) groups is 1. The molecule has 0 unspecified atom stereocenters. The van der Waals surface area contributed by atoms with Gasteiger partial charge in [0, 0.05) is 11.9 Å². The Kier molecular flexibility index (Phi) is 4.52. The number of carbonyl (C=O) groups excluding carboxylic acids is 1. The minimum atomic E-state index is 0.0206. The number of likely N-dealkylation sites (N-methyl/N-ethyl adjacent to an activating group) is 1. The molecule has 6 heteroatoms. The second-order valence-corrected chi connectivity index (χ2v) is 6.40. The van der Waals surface area contributed by atoms with Gasteiger partial charge < -0.3 is 4.90 Å². The van der Waals surface area contributed by atoms with E-state index in [1.807, 2.05) is 55.7 Å². The molecule has 0 saturated carbocycles. The van der Waals surface area contributed by atoms with E-state index < -0.39 is 0 Å². The van der Waals surface area contributed by atoms with E-state index in [0.717, 1.165) is 16.1 Å². The van der Waals surface area contributed by atoms with Gasteiger partial charge in [-0.1, -0.05) is 18.2 Å². The Labute approximate surface area is 139 Å². The average molecular weight is 326 g/mol. The second-order valence-electron chi connectivity index (χ2n) is 5.37. The minimum Gasteiger partial charge on any atom is -0.339 e. The number of hydrogen-bond donors (Lipinski definition) is 0. The van der Waals surface area contributed by atoms with E-state index in [9.17, 15) is 4.79 Å². The van der Waals surface area contributed by atoms with Gasteiger partial charge in [-0.25, -0.2) is 9.67 Å². The van der Waals surface area contributed by atoms with Crippen LogP contribution in [0.3, 0.4) is 0 Å². The third-order valence-corrected chi connectivity index (χ3v) is 4.82. The fourth-order valence-corrected chi connectivity index (χ4v) is 3.07. The molecular weight excluding hydrogens is 308 g/mol. The summed E-state index contributed by atoms with van der Waals surface area (Å²) < 4.78 is 1.71. The molecule has 3 aromatic rings. The molecule has 0 fully saturated rings. The van der Waals surface area contributed by atoms with Crippen LogP contribution in [0.4, 0.5) is 0 Å². The molecule has 1 atom stereocenters. The summed E-state index contributed by atoms with van der Waals surface area (Å²) in [5, 5.41) is 6.10. The fraction of sp³-hybridized carbons (Fsp3) is 0.235. The molecule has 0 radical (unpaired) electrons. The zero-order valence-corrected chi connectivity index (χ0v) is 13.9. The Hall–Kier alpha value is -2.47. The summed E-state index contributed by atoms with van der Waals surface area (Å²) in [5.74, 6) is 0.125. The third kappa shape index (κ3) is 3.48. The molecule has 0 aliphatic carbocycles. The SMILES string of the molecule is C[C@H](c1ccc(-n2cncn2)cc1)N(C)C(=O)Cc1cccs1. The maximum atomic E-state index is 12.4. The summed E-state index contributed by atoms with van der Waals surface area (Å²) in [6, 6.07) is 12.0. The van der Waals surface area contributed by atoms with Gasteiger partial charge in [0.2, 0.25) is 5.91 Å². The molecule has 1 aromatic carbocycles. The maximum absolute atomic E-state index is 12.4. The van der Waals surface area contributed by atoms with Gasteiger partial charge in [0.1, 0.15) is 12.7 Å². The molecule has 2 heterocycles. The lowest BCUT2D eigenvalue weighted by molar-refractivity contribution is -0.131. The minimum absolute atomic E-state index is 0.0206. The van der Waals surface area contributed by atoms with Crippen LogP contribution in [-0.4, -0.2) is 32.6 Å². The second kappa shape index (κ2) is 6.75. The van der Waals surface area contributed by atoms with Crippen molar-refractivity contribution in [2.75, 3.05) is 7.05 Å². The first-order valence-electron chi connectivity index (χ1n) is 7.38. The van der Waals surface area contributed by atoms with Crippen molar-refractivity contribution in [2.45, 2.75) is 19.4 Å². The highest BCUT2D eigenvalue weighted by Crippen LogP contribution is 2.21. The van der Waals surface area contributed by atoms with Crippen molar-refractivity contribution < 1.29 is 4.79 Å². The van der Waals surface area contributed by atoms with Crippen LogP contribution >= 0.6 is 11.3 Å². The van der Waals surface area contributed by atoms with E-state index in [0.29, 0.717) is 6.42 Å². The summed E-state index contributed by atoms with van der Waals surface area (Å²) in [4.78, 5) is 19.2. The molecule has 0 spiro atoms. The molecule has 23 heavy (non-hydrogen) atoms. The number of aromatic nitrogens is 3. The molecule has 0 N–H and O–H groups in total. The lowest BCUT2D eigenvalue weighted by atomic mass is 10.1. The van der Waals surface area contributed by atoms with Crippen molar-refractivity contribution >= 4 is 17.2 Å². The first-order chi connectivity index (χ1) is 11.1. The molecule has 1 amide bonds. The fourth-order valence-electron chi connectivity index (χ4n) is 2.37. The van der Waals surface area contributed by atoms with E-state index in [2.05, 4.69) is 10.1 Å². The zero-order chi connectivity index (χ0) is 16.2. The summed E-state index contributed by atoms with van der Waals surface area (Å²) in [6.07, 6.45) is 3.62. The highest BCUT2D eigenvalue weighted by atomic mass is 32.1. The molecule has 0 aliphatic rings. The van der Waals surface area contributed by atoms with Crippen LogP contribution in [0.25, 0.3) is 5.69 Å². The van der Waals surface area contributed by atoms with Gasteiger partial charge in [0.15, 0.2) is 0 Å². The summed E-state index contributed by atoms with van der Waals surface area (Å²) >= 11 is 1.61. The topological polar surface area (TPSA) is 51.0 Å². The van der Waals surface area contributed by atoms with Crippen molar-refractivity contribution in [1.82, 2.24) is 19.7 Å². The van der Waals surface area contributed by atoms with Crippen LogP contribution in [0.2, 0.25) is 0 Å². The maximum Gasteiger partial charge on any atom is 0.228 e. The van der Waals surface area contributed by atoms with Crippen molar-refractivity contribution in [3.05, 3.63) is 64.9 Å². The van der Waals surface area contributed by atoms with Gasteiger partial charge in [-0.3, -0.25) is 4.79 Å². The van der Waals surface area contributed by atoms with Gasteiger partial charge in [-0.2, -0.15) is 5.10 Å². The molecule has 0 aliphatic heterocycles. The number of hydrogen-bond acceptors (Lipinski definition) is 4. The van der Waals surface area contributed by atoms with E-state index >= 15 is 0 Å². The molecule has 3 rings (SSSR count). The predicted octanol–water partition coefficient (Wildman–Crippen LogP) is 3.09. The highest BCUT2D eigenvalue weighted by molar-refractivity contribution is 7.10. The lowest BCUT2D eigenvalue weighted by Gasteiger charge is -2.25. The Morgan fingerprint density at radius 2 is 2.09 bits per heavy atom. The van der Waals surface area contributed by atoms with Crippen LogP contribution < -0.4 is 0 Å². The molecule has 5 nitrogen and oxygen atoms in total. The van der Waals surface area contributed by atoms with E-state index in [4.69, 9.17) is 0 Å². The standard InChI is InChI=1S/C17H18N4OS/c1-13(20(2)17(22)10-16-4-3-9-23-16)14-5-7-15(8-6-14)21-12-18-11-19-21/h3-9,11-13H,10H2,1-2H3/t13-/m1/s1. The molecule has 0 saturated heterocycles. The summed E-state index contributed by atoms with van der Waals surface area (Å²) in [5.41, 5.74) is 2.04. The smallest absolute Gasteiger partial charge is 0.228 e. The van der Waals surface area contributed by atoms with Crippen LogP contribution in [-0.2, 0) is 11.2 Å². The molecular formula is C17H18N4OS. The Morgan fingerprint density at radius 1 is 1.30 bits per heavy atom. The van der Waals surface area contributed by atoms with Crippen LogP contribution in [0, 0.1) is 0 Å². The number of amides is 1. The normalized spacial score (nSPS) is 12.1. The molecule has 118 valence electrons. The number of benzene rings is 1. The third-order valence-electron chi connectivity index (χ3n) is 3.94. The largest absolute Gasteiger partial charge is 0.339 e. The summed E-state index contributed by atoms with van der Waals surface area (Å²) in [7, 11) is 1.85. The van der Waals surface area contributed by atoms with Crippen LogP contribution in [0.1, 0.15) is 23.4 Å². The van der Waals surface area contributed by atoms with Crippen molar-refractivity contribution in [1.29, 1.82) is 0 Å². The van der Waals surface area contributed by atoms with Crippen LogP contribution in [0.15, 0.2) is 54.4 Å². The predicted molar refractivity (Wildman–Crippen MR) is 90.6 cm³/mol. The van der Waals surface area contributed by atoms with E-state index in [1.54, 1.807) is 27.2 Å². The van der Waals surface area contributed by atoms with Gasteiger partial charge in [0.05, 0.1) is 18.2 Å².